The van der Waals surface area contributed by atoms with E-state index in [1.165, 1.54) is 0 Å². The van der Waals surface area contributed by atoms with E-state index in [0.29, 0.717) is 19.3 Å². The highest BCUT2D eigenvalue weighted by molar-refractivity contribution is 5.73. The zero-order valence-electron chi connectivity index (χ0n) is 16.5. The molecule has 0 heterocycles. The molecular formula is C18H43N7O. The lowest BCUT2D eigenvalue weighted by atomic mass is 9.90. The molecule has 156 valence electrons. The third kappa shape index (κ3) is 11.8. The largest absolute Gasteiger partial charge is 0.370 e. The van der Waals surface area contributed by atoms with Crippen LogP contribution in [0.4, 0.5) is 0 Å². The van der Waals surface area contributed by atoms with Crippen LogP contribution in [0.1, 0.15) is 71.1 Å². The first-order valence-corrected chi connectivity index (χ1v) is 10.0. The van der Waals surface area contributed by atoms with Gasteiger partial charge < -0.3 is 40.1 Å². The number of carbonyl (C=O) groups is 1. The molecule has 0 saturated carbocycles. The normalized spacial score (nSPS) is 18.7. The van der Waals surface area contributed by atoms with Crippen molar-refractivity contribution in [3.63, 3.8) is 0 Å². The van der Waals surface area contributed by atoms with E-state index in [-0.39, 0.29) is 42.2 Å². The first-order chi connectivity index (χ1) is 12.2. The van der Waals surface area contributed by atoms with E-state index in [9.17, 15) is 4.79 Å². The molecule has 0 spiro atoms. The van der Waals surface area contributed by atoms with Gasteiger partial charge in [0.15, 0.2) is 0 Å². The van der Waals surface area contributed by atoms with Crippen molar-refractivity contribution in [3.05, 3.63) is 0 Å². The van der Waals surface area contributed by atoms with Crippen LogP contribution in [0.5, 0.6) is 0 Å². The van der Waals surface area contributed by atoms with Crippen molar-refractivity contribution < 1.29 is 4.79 Å². The summed E-state index contributed by atoms with van der Waals surface area (Å²) >= 11 is 0. The molecule has 0 bridgehead atoms. The summed E-state index contributed by atoms with van der Waals surface area (Å²) in [4.78, 5) is 10.7. The first kappa shape index (κ1) is 25.2. The Labute approximate surface area is 158 Å². The van der Waals surface area contributed by atoms with Crippen LogP contribution in [0.25, 0.3) is 0 Å². The molecule has 0 aliphatic carbocycles. The van der Waals surface area contributed by atoms with Crippen LogP contribution in [0.15, 0.2) is 0 Å². The zero-order valence-corrected chi connectivity index (χ0v) is 16.5. The topological polar surface area (TPSA) is 199 Å². The summed E-state index contributed by atoms with van der Waals surface area (Å²) in [7, 11) is 0. The number of rotatable bonds is 16. The number of carbonyl (C=O) groups excluding carboxylic acids is 1. The fourth-order valence-corrected chi connectivity index (χ4v) is 3.05. The van der Waals surface area contributed by atoms with Gasteiger partial charge >= 0.3 is 0 Å². The van der Waals surface area contributed by atoms with Crippen molar-refractivity contribution in [2.24, 2.45) is 40.1 Å². The molecule has 6 atom stereocenters. The molecule has 0 saturated heterocycles. The average molecular weight is 374 g/mol. The van der Waals surface area contributed by atoms with Crippen molar-refractivity contribution in [3.8, 4) is 0 Å². The molecule has 0 aromatic rings. The van der Waals surface area contributed by atoms with Gasteiger partial charge in [-0.25, -0.2) is 0 Å². The van der Waals surface area contributed by atoms with Gasteiger partial charge in [0.1, 0.15) is 0 Å². The van der Waals surface area contributed by atoms with Gasteiger partial charge in [-0.15, -0.1) is 0 Å². The number of hydrogen-bond acceptors (Lipinski definition) is 7. The second kappa shape index (κ2) is 14.3. The highest BCUT2D eigenvalue weighted by Gasteiger charge is 2.23. The van der Waals surface area contributed by atoms with Crippen molar-refractivity contribution in [1.82, 2.24) is 0 Å². The van der Waals surface area contributed by atoms with Crippen LogP contribution in [0.2, 0.25) is 0 Å². The fourth-order valence-electron chi connectivity index (χ4n) is 3.05. The SMILES string of the molecule is CCC(N)C(N)CC(N)C(N)CC(N)C(N)CCCCCCCC(N)=O. The molecule has 6 unspecified atom stereocenters. The molecule has 0 aromatic carbocycles. The Kier molecular flexibility index (Phi) is 13.9. The standard InChI is InChI=1S/C18H43N7O/c1-2-12(19)14(21)10-16(23)17(24)11-15(22)13(20)8-6-4-3-5-7-9-18(25)26/h12-17H,2-11,19-24H2,1H3,(H2,25,26). The second-order valence-corrected chi connectivity index (χ2v) is 7.64. The summed E-state index contributed by atoms with van der Waals surface area (Å²) < 4.78 is 0. The summed E-state index contributed by atoms with van der Waals surface area (Å²) in [6.45, 7) is 2.00. The van der Waals surface area contributed by atoms with E-state index in [1.54, 1.807) is 0 Å². The van der Waals surface area contributed by atoms with E-state index in [1.807, 2.05) is 6.92 Å². The second-order valence-electron chi connectivity index (χ2n) is 7.64. The van der Waals surface area contributed by atoms with Crippen LogP contribution in [-0.2, 0) is 4.79 Å². The Morgan fingerprint density at radius 2 is 1.08 bits per heavy atom. The van der Waals surface area contributed by atoms with Gasteiger partial charge in [0.05, 0.1) is 0 Å². The Hall–Kier alpha value is -0.770. The predicted molar refractivity (Wildman–Crippen MR) is 109 cm³/mol. The molecule has 0 fully saturated rings. The Bertz CT molecular complexity index is 369. The van der Waals surface area contributed by atoms with Gasteiger partial charge in [0, 0.05) is 42.7 Å². The van der Waals surface area contributed by atoms with Crippen LogP contribution in [-0.4, -0.2) is 42.2 Å². The molecule has 0 radical (unpaired) electrons. The maximum Gasteiger partial charge on any atom is 0.217 e. The molecular weight excluding hydrogens is 330 g/mol. The third-order valence-corrected chi connectivity index (χ3v) is 5.17. The van der Waals surface area contributed by atoms with Gasteiger partial charge in [-0.2, -0.15) is 0 Å². The minimum absolute atomic E-state index is 0.0628. The molecule has 0 rings (SSSR count). The maximum absolute atomic E-state index is 10.7. The monoisotopic (exact) mass is 373 g/mol. The van der Waals surface area contributed by atoms with Crippen LogP contribution in [0, 0.1) is 0 Å². The maximum atomic E-state index is 10.7. The summed E-state index contributed by atoms with van der Waals surface area (Å²) in [6, 6.07) is -0.953. The van der Waals surface area contributed by atoms with Gasteiger partial charge in [-0.3, -0.25) is 4.79 Å². The molecule has 0 aromatic heterocycles. The fraction of sp³-hybridized carbons (Fsp3) is 0.944. The van der Waals surface area contributed by atoms with E-state index in [2.05, 4.69) is 0 Å². The molecule has 8 nitrogen and oxygen atoms in total. The predicted octanol–water partition coefficient (Wildman–Crippen LogP) is -0.644. The Morgan fingerprint density at radius 3 is 1.58 bits per heavy atom. The summed E-state index contributed by atoms with van der Waals surface area (Å²) in [5, 5.41) is 0. The molecule has 8 heteroatoms. The van der Waals surface area contributed by atoms with Crippen molar-refractivity contribution in [2.75, 3.05) is 0 Å². The van der Waals surface area contributed by atoms with Crippen LogP contribution < -0.4 is 40.1 Å². The van der Waals surface area contributed by atoms with E-state index in [4.69, 9.17) is 40.1 Å². The van der Waals surface area contributed by atoms with Gasteiger partial charge in [0.2, 0.25) is 5.91 Å². The van der Waals surface area contributed by atoms with Gasteiger partial charge in [0.25, 0.3) is 0 Å². The lowest BCUT2D eigenvalue weighted by Gasteiger charge is -2.29. The van der Waals surface area contributed by atoms with Crippen molar-refractivity contribution in [2.45, 2.75) is 107 Å². The number of primary amides is 1. The van der Waals surface area contributed by atoms with Gasteiger partial charge in [-0.1, -0.05) is 32.6 Å². The molecule has 0 aliphatic rings. The number of hydrogen-bond donors (Lipinski definition) is 7. The van der Waals surface area contributed by atoms with E-state index < -0.39 is 0 Å². The van der Waals surface area contributed by atoms with Crippen LogP contribution >= 0.6 is 0 Å². The highest BCUT2D eigenvalue weighted by Crippen LogP contribution is 2.12. The molecule has 1 amide bonds. The summed E-state index contributed by atoms with van der Waals surface area (Å²) in [5.74, 6) is -0.231. The molecule has 26 heavy (non-hydrogen) atoms. The number of nitrogens with two attached hydrogens (primary N) is 7. The number of amides is 1. The summed E-state index contributed by atoms with van der Waals surface area (Å²) in [6.07, 6.45) is 8.36. The zero-order chi connectivity index (χ0) is 20.1. The minimum Gasteiger partial charge on any atom is -0.370 e. The Morgan fingerprint density at radius 1 is 0.654 bits per heavy atom. The Balaban J connectivity index is 3.94. The quantitative estimate of drug-likeness (QED) is 0.174. The van der Waals surface area contributed by atoms with Crippen LogP contribution in [0.3, 0.4) is 0 Å². The highest BCUT2D eigenvalue weighted by atomic mass is 16.1. The van der Waals surface area contributed by atoms with E-state index >= 15 is 0 Å². The van der Waals surface area contributed by atoms with Crippen molar-refractivity contribution in [1.29, 1.82) is 0 Å². The number of unbranched alkanes of at least 4 members (excludes halogenated alkanes) is 4. The lowest BCUT2D eigenvalue weighted by molar-refractivity contribution is -0.118. The average Bonchev–Trinajstić information content (AvgIpc) is 2.59. The van der Waals surface area contributed by atoms with Crippen molar-refractivity contribution >= 4 is 5.91 Å². The van der Waals surface area contributed by atoms with E-state index in [0.717, 1.165) is 44.9 Å². The minimum atomic E-state index is -0.236. The third-order valence-electron chi connectivity index (χ3n) is 5.17. The first-order valence-electron chi connectivity index (χ1n) is 10.0. The summed E-state index contributed by atoms with van der Waals surface area (Å²) in [5.41, 5.74) is 41.8. The smallest absolute Gasteiger partial charge is 0.217 e. The molecule has 14 N–H and O–H groups in total. The lowest BCUT2D eigenvalue weighted by Crippen LogP contribution is -2.53. The molecule has 0 aliphatic heterocycles. The van der Waals surface area contributed by atoms with Gasteiger partial charge in [-0.05, 0) is 32.1 Å².